The fourth-order valence-electron chi connectivity index (χ4n) is 2.52. The second-order valence-corrected chi connectivity index (χ2v) is 6.59. The van der Waals surface area contributed by atoms with E-state index in [4.69, 9.17) is 0 Å². The van der Waals surface area contributed by atoms with E-state index in [1.807, 2.05) is 0 Å². The number of anilines is 2. The second-order valence-electron chi connectivity index (χ2n) is 6.59. The molecule has 154 valence electrons. The number of carbonyl (C=O) groups excluding carboxylic acids is 2. The quantitative estimate of drug-likeness (QED) is 0.663. The SMILES string of the molecule is O=C(Nc1ccc(NC(=O)C2CC2)cc1)c1cc(C(F)(F)F)cc(C(F)(F)F)c1. The van der Waals surface area contributed by atoms with Crippen molar-refractivity contribution < 1.29 is 35.9 Å². The highest BCUT2D eigenvalue weighted by Crippen LogP contribution is 2.36. The molecule has 2 N–H and O–H groups in total. The fraction of sp³-hybridized carbons (Fsp3) is 0.263. The van der Waals surface area contributed by atoms with Crippen molar-refractivity contribution in [3.05, 3.63) is 59.2 Å². The van der Waals surface area contributed by atoms with Crippen LogP contribution in [0.3, 0.4) is 0 Å². The van der Waals surface area contributed by atoms with E-state index in [2.05, 4.69) is 10.6 Å². The predicted molar refractivity (Wildman–Crippen MR) is 92.2 cm³/mol. The van der Waals surface area contributed by atoms with Gasteiger partial charge in [-0.15, -0.1) is 0 Å². The summed E-state index contributed by atoms with van der Waals surface area (Å²) in [6.07, 6.45) is -8.46. The average Bonchev–Trinajstić information content (AvgIpc) is 3.46. The van der Waals surface area contributed by atoms with Gasteiger partial charge in [-0.05, 0) is 55.3 Å². The highest BCUT2D eigenvalue weighted by atomic mass is 19.4. The summed E-state index contributed by atoms with van der Waals surface area (Å²) in [5.74, 6) is -1.28. The van der Waals surface area contributed by atoms with E-state index in [0.29, 0.717) is 17.8 Å². The van der Waals surface area contributed by atoms with Crippen LogP contribution in [0.25, 0.3) is 0 Å². The van der Waals surface area contributed by atoms with Crippen LogP contribution < -0.4 is 10.6 Å². The monoisotopic (exact) mass is 416 g/mol. The van der Waals surface area contributed by atoms with Crippen molar-refractivity contribution in [2.75, 3.05) is 10.6 Å². The lowest BCUT2D eigenvalue weighted by atomic mass is 10.0. The Labute approximate surface area is 160 Å². The van der Waals surface area contributed by atoms with Crippen LogP contribution in [0.4, 0.5) is 37.7 Å². The highest BCUT2D eigenvalue weighted by molar-refractivity contribution is 6.04. The van der Waals surface area contributed by atoms with Crippen molar-refractivity contribution in [2.24, 2.45) is 5.92 Å². The van der Waals surface area contributed by atoms with Crippen LogP contribution in [0.1, 0.15) is 34.3 Å². The van der Waals surface area contributed by atoms with Crippen LogP contribution in [0.5, 0.6) is 0 Å². The number of halogens is 6. The summed E-state index contributed by atoms with van der Waals surface area (Å²) in [5.41, 5.74) is -3.33. The third-order valence-electron chi connectivity index (χ3n) is 4.21. The van der Waals surface area contributed by atoms with Crippen molar-refractivity contribution in [1.82, 2.24) is 0 Å². The Hall–Kier alpha value is -3.04. The summed E-state index contributed by atoms with van der Waals surface area (Å²) in [6, 6.07) is 6.33. The Balaban J connectivity index is 1.78. The zero-order valence-corrected chi connectivity index (χ0v) is 14.6. The molecule has 3 rings (SSSR count). The van der Waals surface area contributed by atoms with Crippen molar-refractivity contribution in [3.8, 4) is 0 Å². The lowest BCUT2D eigenvalue weighted by Crippen LogP contribution is -2.17. The van der Waals surface area contributed by atoms with E-state index < -0.39 is 35.0 Å². The number of alkyl halides is 6. The standard InChI is InChI=1S/C19H14F6N2O2/c20-18(21,22)12-7-11(8-13(9-12)19(23,24)25)17(29)27-15-5-3-14(4-6-15)26-16(28)10-1-2-10/h3-10H,1-2H2,(H,26,28)(H,27,29). The molecule has 0 aliphatic heterocycles. The van der Waals surface area contributed by atoms with Gasteiger partial charge in [0.2, 0.25) is 5.91 Å². The number of amides is 2. The van der Waals surface area contributed by atoms with Crippen LogP contribution in [0.2, 0.25) is 0 Å². The van der Waals surface area contributed by atoms with Gasteiger partial charge in [0, 0.05) is 22.9 Å². The Morgan fingerprint density at radius 2 is 1.21 bits per heavy atom. The van der Waals surface area contributed by atoms with Gasteiger partial charge in [0.1, 0.15) is 0 Å². The smallest absolute Gasteiger partial charge is 0.326 e. The van der Waals surface area contributed by atoms with E-state index in [1.165, 1.54) is 24.3 Å². The lowest BCUT2D eigenvalue weighted by Gasteiger charge is -2.14. The van der Waals surface area contributed by atoms with Crippen LogP contribution >= 0.6 is 0 Å². The van der Waals surface area contributed by atoms with Crippen LogP contribution in [-0.4, -0.2) is 11.8 Å². The largest absolute Gasteiger partial charge is 0.416 e. The lowest BCUT2D eigenvalue weighted by molar-refractivity contribution is -0.143. The van der Waals surface area contributed by atoms with Gasteiger partial charge in [0.05, 0.1) is 11.1 Å². The normalized spacial score (nSPS) is 14.4. The van der Waals surface area contributed by atoms with Gasteiger partial charge in [0.15, 0.2) is 0 Å². The molecule has 1 aliphatic carbocycles. The zero-order chi connectivity index (χ0) is 21.4. The molecule has 0 saturated heterocycles. The molecule has 2 aromatic carbocycles. The molecule has 1 fully saturated rings. The number of hydrogen-bond donors (Lipinski definition) is 2. The number of benzene rings is 2. The molecule has 2 aromatic rings. The number of hydrogen-bond acceptors (Lipinski definition) is 2. The molecule has 0 radical (unpaired) electrons. The van der Waals surface area contributed by atoms with Crippen molar-refractivity contribution in [3.63, 3.8) is 0 Å². The Bertz CT molecular complexity index is 899. The van der Waals surface area contributed by atoms with E-state index in [0.717, 1.165) is 12.8 Å². The maximum Gasteiger partial charge on any atom is 0.416 e. The molecule has 0 atom stereocenters. The second kappa shape index (κ2) is 7.41. The molecule has 0 spiro atoms. The van der Waals surface area contributed by atoms with Gasteiger partial charge < -0.3 is 10.6 Å². The minimum atomic E-state index is -5.04. The summed E-state index contributed by atoms with van der Waals surface area (Å²) < 4.78 is 77.4. The van der Waals surface area contributed by atoms with Crippen molar-refractivity contribution >= 4 is 23.2 Å². The summed E-state index contributed by atoms with van der Waals surface area (Å²) in [6.45, 7) is 0. The number of rotatable bonds is 4. The van der Waals surface area contributed by atoms with Gasteiger partial charge in [-0.3, -0.25) is 9.59 Å². The molecule has 0 aromatic heterocycles. The summed E-state index contributed by atoms with van der Waals surface area (Å²) in [7, 11) is 0. The molecule has 0 bridgehead atoms. The maximum absolute atomic E-state index is 12.9. The summed E-state index contributed by atoms with van der Waals surface area (Å²) >= 11 is 0. The van der Waals surface area contributed by atoms with Crippen LogP contribution in [0, 0.1) is 5.92 Å². The minimum absolute atomic E-state index is 0.0156. The van der Waals surface area contributed by atoms with Crippen molar-refractivity contribution in [2.45, 2.75) is 25.2 Å². The Morgan fingerprint density at radius 1 is 0.759 bits per heavy atom. The molecular formula is C19H14F6N2O2. The van der Waals surface area contributed by atoms with E-state index in [9.17, 15) is 35.9 Å². The fourth-order valence-corrected chi connectivity index (χ4v) is 2.52. The number of nitrogens with one attached hydrogen (secondary N) is 2. The zero-order valence-electron chi connectivity index (χ0n) is 14.6. The average molecular weight is 416 g/mol. The first kappa shape index (κ1) is 20.7. The molecule has 2 amide bonds. The molecule has 10 heteroatoms. The van der Waals surface area contributed by atoms with Gasteiger partial charge >= 0.3 is 12.4 Å². The molecule has 0 unspecified atom stereocenters. The topological polar surface area (TPSA) is 58.2 Å². The summed E-state index contributed by atoms with van der Waals surface area (Å²) in [4.78, 5) is 23.9. The van der Waals surface area contributed by atoms with Gasteiger partial charge in [0.25, 0.3) is 5.91 Å². The first-order chi connectivity index (χ1) is 13.4. The van der Waals surface area contributed by atoms with E-state index >= 15 is 0 Å². The van der Waals surface area contributed by atoms with E-state index in [-0.39, 0.29) is 23.6 Å². The first-order valence-corrected chi connectivity index (χ1v) is 8.45. The third kappa shape index (κ3) is 5.27. The van der Waals surface area contributed by atoms with E-state index in [1.54, 1.807) is 0 Å². The van der Waals surface area contributed by atoms with Crippen LogP contribution in [0.15, 0.2) is 42.5 Å². The van der Waals surface area contributed by atoms with Gasteiger partial charge in [-0.2, -0.15) is 26.3 Å². The molecule has 4 nitrogen and oxygen atoms in total. The predicted octanol–water partition coefficient (Wildman–Crippen LogP) is 5.33. The Morgan fingerprint density at radius 3 is 1.62 bits per heavy atom. The third-order valence-corrected chi connectivity index (χ3v) is 4.21. The summed E-state index contributed by atoms with van der Waals surface area (Å²) in [5, 5.41) is 4.91. The van der Waals surface area contributed by atoms with Gasteiger partial charge in [-0.25, -0.2) is 0 Å². The van der Waals surface area contributed by atoms with Crippen LogP contribution in [-0.2, 0) is 17.1 Å². The Kier molecular flexibility index (Phi) is 5.29. The number of carbonyl (C=O) groups is 2. The van der Waals surface area contributed by atoms with Gasteiger partial charge in [-0.1, -0.05) is 0 Å². The molecule has 29 heavy (non-hydrogen) atoms. The highest BCUT2D eigenvalue weighted by Gasteiger charge is 2.37. The first-order valence-electron chi connectivity index (χ1n) is 8.45. The van der Waals surface area contributed by atoms with Crippen molar-refractivity contribution in [1.29, 1.82) is 0 Å². The minimum Gasteiger partial charge on any atom is -0.326 e. The molecule has 1 saturated carbocycles. The molecule has 1 aliphatic rings. The molecular weight excluding hydrogens is 402 g/mol. The maximum atomic E-state index is 12.9. The molecule has 0 heterocycles.